The molecule has 0 amide bonds. The first-order valence-electron chi connectivity index (χ1n) is 3.90. The summed E-state index contributed by atoms with van der Waals surface area (Å²) in [5.41, 5.74) is -0.864. The number of alkyl halides is 4. The lowest BCUT2D eigenvalue weighted by atomic mass is 10.1. The van der Waals surface area contributed by atoms with Crippen LogP contribution in [0.25, 0.3) is 6.08 Å². The zero-order chi connectivity index (χ0) is 11.5. The predicted octanol–water partition coefficient (Wildman–Crippen LogP) is 4.01. The van der Waals surface area contributed by atoms with Crippen LogP contribution in [0.2, 0.25) is 5.15 Å². The highest BCUT2D eigenvalue weighted by Crippen LogP contribution is 2.32. The molecular formula is C9H6Cl2F3N. The second kappa shape index (κ2) is 4.86. The van der Waals surface area contributed by atoms with Gasteiger partial charge in [0.2, 0.25) is 0 Å². The van der Waals surface area contributed by atoms with E-state index in [4.69, 9.17) is 23.2 Å². The monoisotopic (exact) mass is 255 g/mol. The molecule has 0 atom stereocenters. The van der Waals surface area contributed by atoms with Crippen molar-refractivity contribution in [2.45, 2.75) is 6.18 Å². The van der Waals surface area contributed by atoms with E-state index in [1.165, 1.54) is 12.2 Å². The van der Waals surface area contributed by atoms with Crippen molar-refractivity contribution < 1.29 is 13.2 Å². The smallest absolute Gasteiger partial charge is 0.244 e. The molecule has 0 aliphatic rings. The zero-order valence-electron chi connectivity index (χ0n) is 7.35. The van der Waals surface area contributed by atoms with Crippen LogP contribution in [-0.2, 0) is 6.18 Å². The Balaban J connectivity index is 3.21. The zero-order valence-corrected chi connectivity index (χ0v) is 8.87. The molecule has 1 aromatic heterocycles. The summed E-state index contributed by atoms with van der Waals surface area (Å²) in [5.74, 6) is 0.136. The number of halogens is 5. The minimum atomic E-state index is -4.44. The van der Waals surface area contributed by atoms with Crippen molar-refractivity contribution in [1.82, 2.24) is 4.98 Å². The Morgan fingerprint density at radius 2 is 2.07 bits per heavy atom. The molecule has 0 spiro atoms. The first-order chi connectivity index (χ1) is 6.95. The molecule has 0 fully saturated rings. The number of hydrogen-bond acceptors (Lipinski definition) is 1. The second-order valence-corrected chi connectivity index (χ2v) is 3.34. The molecule has 1 heterocycles. The Hall–Kier alpha value is -0.740. The summed E-state index contributed by atoms with van der Waals surface area (Å²) in [6, 6.07) is 1.15. The molecule has 0 aromatic carbocycles. The summed E-state index contributed by atoms with van der Waals surface area (Å²) in [6.45, 7) is 0. The summed E-state index contributed by atoms with van der Waals surface area (Å²) < 4.78 is 37.4. The van der Waals surface area contributed by atoms with Crippen molar-refractivity contribution in [2.24, 2.45) is 0 Å². The maximum Gasteiger partial charge on any atom is 0.418 e. The fourth-order valence-corrected chi connectivity index (χ4v) is 1.25. The maximum atomic E-state index is 12.5. The fourth-order valence-electron chi connectivity index (χ4n) is 0.990. The molecule has 6 heteroatoms. The molecule has 82 valence electrons. The van der Waals surface area contributed by atoms with Crippen LogP contribution in [0.3, 0.4) is 0 Å². The third-order valence-electron chi connectivity index (χ3n) is 1.59. The summed E-state index contributed by atoms with van der Waals surface area (Å²) >= 11 is 10.8. The minimum Gasteiger partial charge on any atom is -0.244 e. The molecule has 0 radical (unpaired) electrons. The summed E-state index contributed by atoms with van der Waals surface area (Å²) in [6.07, 6.45) is -1.06. The van der Waals surface area contributed by atoms with Crippen LogP contribution in [-0.4, -0.2) is 10.9 Å². The molecule has 0 unspecified atom stereocenters. The SMILES string of the molecule is FC(F)(F)c1cnc(Cl)cc1C=CCCl. The summed E-state index contributed by atoms with van der Waals surface area (Å²) in [5, 5.41) is 0.0113. The van der Waals surface area contributed by atoms with E-state index in [0.717, 1.165) is 6.07 Å². The van der Waals surface area contributed by atoms with Crippen molar-refractivity contribution in [3.63, 3.8) is 0 Å². The molecule has 0 N–H and O–H groups in total. The van der Waals surface area contributed by atoms with E-state index >= 15 is 0 Å². The molecule has 0 aliphatic heterocycles. The molecule has 1 rings (SSSR count). The van der Waals surface area contributed by atoms with E-state index < -0.39 is 11.7 Å². The second-order valence-electron chi connectivity index (χ2n) is 2.65. The fraction of sp³-hybridized carbons (Fsp3) is 0.222. The molecule has 0 saturated heterocycles. The lowest BCUT2D eigenvalue weighted by molar-refractivity contribution is -0.137. The van der Waals surface area contributed by atoms with Crippen LogP contribution in [0.1, 0.15) is 11.1 Å². The molecule has 0 saturated carbocycles. The van der Waals surface area contributed by atoms with Gasteiger partial charge in [0.1, 0.15) is 5.15 Å². The van der Waals surface area contributed by atoms with Crippen molar-refractivity contribution >= 4 is 29.3 Å². The van der Waals surface area contributed by atoms with E-state index in [1.54, 1.807) is 0 Å². The average Bonchev–Trinajstić information content (AvgIpc) is 2.12. The first-order valence-corrected chi connectivity index (χ1v) is 4.81. The number of pyridine rings is 1. The van der Waals surface area contributed by atoms with Crippen molar-refractivity contribution in [3.05, 3.63) is 34.6 Å². The van der Waals surface area contributed by atoms with Gasteiger partial charge in [-0.3, -0.25) is 0 Å². The number of allylic oxidation sites excluding steroid dienone is 1. The lowest BCUT2D eigenvalue weighted by Gasteiger charge is -2.09. The molecular weight excluding hydrogens is 250 g/mol. The van der Waals surface area contributed by atoms with Gasteiger partial charge in [-0.1, -0.05) is 23.8 Å². The van der Waals surface area contributed by atoms with Gasteiger partial charge in [0.25, 0.3) is 0 Å². The number of hydrogen-bond donors (Lipinski definition) is 0. The standard InChI is InChI=1S/C9H6Cl2F3N/c10-3-1-2-6-4-8(11)15-5-7(6)9(12,13)14/h1-2,4-5H,3H2. The highest BCUT2D eigenvalue weighted by molar-refractivity contribution is 6.29. The maximum absolute atomic E-state index is 12.5. The van der Waals surface area contributed by atoms with Gasteiger partial charge in [-0.25, -0.2) is 4.98 Å². The van der Waals surface area contributed by atoms with Gasteiger partial charge in [-0.15, -0.1) is 11.6 Å². The lowest BCUT2D eigenvalue weighted by Crippen LogP contribution is -2.08. The Labute approximate surface area is 94.5 Å². The van der Waals surface area contributed by atoms with Crippen molar-refractivity contribution in [1.29, 1.82) is 0 Å². The van der Waals surface area contributed by atoms with E-state index in [1.807, 2.05) is 0 Å². The third kappa shape index (κ3) is 3.39. The molecule has 1 nitrogen and oxygen atoms in total. The Morgan fingerprint density at radius 3 is 2.60 bits per heavy atom. The van der Waals surface area contributed by atoms with Gasteiger partial charge in [0.15, 0.2) is 0 Å². The highest BCUT2D eigenvalue weighted by Gasteiger charge is 2.33. The average molecular weight is 256 g/mol. The molecule has 0 bridgehead atoms. The van der Waals surface area contributed by atoms with Gasteiger partial charge in [-0.2, -0.15) is 13.2 Å². The van der Waals surface area contributed by atoms with E-state index in [0.29, 0.717) is 6.20 Å². The molecule has 15 heavy (non-hydrogen) atoms. The van der Waals surface area contributed by atoms with Gasteiger partial charge < -0.3 is 0 Å². The van der Waals surface area contributed by atoms with Gasteiger partial charge in [-0.05, 0) is 11.6 Å². The van der Waals surface area contributed by atoms with Crippen LogP contribution in [0.15, 0.2) is 18.3 Å². The Kier molecular flexibility index (Phi) is 3.99. The number of rotatable bonds is 2. The Bertz CT molecular complexity index is 374. The molecule has 0 aliphatic carbocycles. The topological polar surface area (TPSA) is 12.9 Å². The summed E-state index contributed by atoms with van der Waals surface area (Å²) in [7, 11) is 0. The minimum absolute atomic E-state index is 0.0113. The predicted molar refractivity (Wildman–Crippen MR) is 54.0 cm³/mol. The van der Waals surface area contributed by atoms with Crippen LogP contribution >= 0.6 is 23.2 Å². The van der Waals surface area contributed by atoms with Crippen molar-refractivity contribution in [3.8, 4) is 0 Å². The normalized spacial score (nSPS) is 12.3. The number of nitrogens with zero attached hydrogens (tertiary/aromatic N) is 1. The number of aromatic nitrogens is 1. The van der Waals surface area contributed by atoms with Crippen LogP contribution in [0, 0.1) is 0 Å². The van der Waals surface area contributed by atoms with E-state index in [2.05, 4.69) is 4.98 Å². The highest BCUT2D eigenvalue weighted by atomic mass is 35.5. The quantitative estimate of drug-likeness (QED) is 0.575. The van der Waals surface area contributed by atoms with Crippen LogP contribution in [0.4, 0.5) is 13.2 Å². The van der Waals surface area contributed by atoms with Gasteiger partial charge in [0, 0.05) is 12.1 Å². The largest absolute Gasteiger partial charge is 0.418 e. The first kappa shape index (κ1) is 12.3. The van der Waals surface area contributed by atoms with E-state index in [-0.39, 0.29) is 16.6 Å². The van der Waals surface area contributed by atoms with Crippen LogP contribution < -0.4 is 0 Å². The van der Waals surface area contributed by atoms with Gasteiger partial charge in [0.05, 0.1) is 5.56 Å². The van der Waals surface area contributed by atoms with E-state index in [9.17, 15) is 13.2 Å². The molecule has 1 aromatic rings. The van der Waals surface area contributed by atoms with Crippen LogP contribution in [0.5, 0.6) is 0 Å². The van der Waals surface area contributed by atoms with Gasteiger partial charge >= 0.3 is 6.18 Å². The Morgan fingerprint density at radius 1 is 1.40 bits per heavy atom. The summed E-state index contributed by atoms with van der Waals surface area (Å²) in [4.78, 5) is 3.39. The van der Waals surface area contributed by atoms with Crippen molar-refractivity contribution in [2.75, 3.05) is 5.88 Å². The third-order valence-corrected chi connectivity index (χ3v) is 1.98.